The lowest BCUT2D eigenvalue weighted by Gasteiger charge is -2.21. The van der Waals surface area contributed by atoms with Gasteiger partial charge in [-0.3, -0.25) is 9.52 Å². The number of sulfonamides is 1. The summed E-state index contributed by atoms with van der Waals surface area (Å²) >= 11 is 0. The van der Waals surface area contributed by atoms with Crippen molar-refractivity contribution in [3.05, 3.63) is 35.9 Å². The van der Waals surface area contributed by atoms with E-state index >= 15 is 0 Å². The van der Waals surface area contributed by atoms with Gasteiger partial charge in [0.05, 0.1) is 6.26 Å². The van der Waals surface area contributed by atoms with Gasteiger partial charge in [0, 0.05) is 18.3 Å². The third-order valence-electron chi connectivity index (χ3n) is 4.22. The van der Waals surface area contributed by atoms with E-state index in [1.165, 1.54) is 38.2 Å². The van der Waals surface area contributed by atoms with E-state index in [9.17, 15) is 13.2 Å². The van der Waals surface area contributed by atoms with Gasteiger partial charge in [0.2, 0.25) is 15.9 Å². The molecule has 0 heterocycles. The van der Waals surface area contributed by atoms with E-state index < -0.39 is 10.0 Å². The number of anilines is 1. The number of hydrogen-bond donors (Lipinski definition) is 2. The molecule has 1 aliphatic carbocycles. The molecule has 0 spiro atoms. The summed E-state index contributed by atoms with van der Waals surface area (Å²) in [6.07, 6.45) is 12.0. The summed E-state index contributed by atoms with van der Waals surface area (Å²) < 4.78 is 24.7. The summed E-state index contributed by atoms with van der Waals surface area (Å²) in [6, 6.07) is 6.86. The molecule has 0 bridgehead atoms. The van der Waals surface area contributed by atoms with Crippen LogP contribution in [0.2, 0.25) is 0 Å². The Hall–Kier alpha value is -1.82. The van der Waals surface area contributed by atoms with Gasteiger partial charge >= 0.3 is 0 Å². The molecule has 1 amide bonds. The number of hydrogen-bond acceptors (Lipinski definition) is 3. The van der Waals surface area contributed by atoms with E-state index in [1.807, 2.05) is 0 Å². The minimum Gasteiger partial charge on any atom is -0.353 e. The van der Waals surface area contributed by atoms with Crippen molar-refractivity contribution in [2.24, 2.45) is 5.92 Å². The highest BCUT2D eigenvalue weighted by molar-refractivity contribution is 7.92. The maximum atomic E-state index is 11.8. The van der Waals surface area contributed by atoms with Crippen molar-refractivity contribution in [2.45, 2.75) is 38.5 Å². The molecule has 1 aliphatic rings. The van der Waals surface area contributed by atoms with Gasteiger partial charge in [-0.15, -0.1) is 0 Å². The van der Waals surface area contributed by atoms with Crippen LogP contribution >= 0.6 is 0 Å². The molecule has 0 saturated heterocycles. The third-order valence-corrected chi connectivity index (χ3v) is 4.82. The van der Waals surface area contributed by atoms with Crippen LogP contribution in [-0.4, -0.2) is 27.1 Å². The van der Waals surface area contributed by atoms with Crippen LogP contribution in [0.15, 0.2) is 30.3 Å². The fourth-order valence-electron chi connectivity index (χ4n) is 2.98. The summed E-state index contributed by atoms with van der Waals surface area (Å²) in [7, 11) is -3.27. The molecule has 1 fully saturated rings. The SMILES string of the molecule is CS(=O)(=O)Nc1ccc(/C=C/C(=O)NCCC2CCCCC2)cc1. The Labute approximate surface area is 144 Å². The van der Waals surface area contributed by atoms with Crippen LogP contribution in [0.3, 0.4) is 0 Å². The summed E-state index contributed by atoms with van der Waals surface area (Å²) in [5.74, 6) is 0.669. The van der Waals surface area contributed by atoms with Crippen LogP contribution in [0.1, 0.15) is 44.1 Å². The zero-order valence-electron chi connectivity index (χ0n) is 14.1. The largest absolute Gasteiger partial charge is 0.353 e. The average molecular weight is 350 g/mol. The topological polar surface area (TPSA) is 75.3 Å². The van der Waals surface area contributed by atoms with Crippen LogP contribution in [0, 0.1) is 5.92 Å². The quantitative estimate of drug-likeness (QED) is 0.742. The molecule has 1 aromatic carbocycles. The highest BCUT2D eigenvalue weighted by Crippen LogP contribution is 2.25. The van der Waals surface area contributed by atoms with Gasteiger partial charge in [-0.1, -0.05) is 44.2 Å². The molecule has 2 N–H and O–H groups in total. The van der Waals surface area contributed by atoms with Crippen LogP contribution in [-0.2, 0) is 14.8 Å². The number of carbonyl (C=O) groups excluding carboxylic acids is 1. The fourth-order valence-corrected chi connectivity index (χ4v) is 3.55. The number of amides is 1. The Bertz CT molecular complexity index is 660. The molecule has 0 radical (unpaired) electrons. The monoisotopic (exact) mass is 350 g/mol. The summed E-state index contributed by atoms with van der Waals surface area (Å²) in [5.41, 5.74) is 1.35. The van der Waals surface area contributed by atoms with E-state index in [1.54, 1.807) is 30.3 Å². The van der Waals surface area contributed by atoms with Crippen LogP contribution < -0.4 is 10.0 Å². The van der Waals surface area contributed by atoms with Crippen molar-refractivity contribution in [3.8, 4) is 0 Å². The molecule has 0 atom stereocenters. The van der Waals surface area contributed by atoms with Gasteiger partial charge < -0.3 is 5.32 Å². The molecule has 0 unspecified atom stereocenters. The van der Waals surface area contributed by atoms with E-state index in [0.717, 1.165) is 30.7 Å². The second kappa shape index (κ2) is 8.87. The third kappa shape index (κ3) is 7.17. The number of carbonyl (C=O) groups is 1. The predicted octanol–water partition coefficient (Wildman–Crippen LogP) is 3.16. The minimum absolute atomic E-state index is 0.0934. The van der Waals surface area contributed by atoms with Crippen LogP contribution in [0.25, 0.3) is 6.08 Å². The van der Waals surface area contributed by atoms with Crippen molar-refractivity contribution >= 4 is 27.7 Å². The molecule has 1 saturated carbocycles. The normalized spacial score (nSPS) is 16.2. The van der Waals surface area contributed by atoms with E-state index in [0.29, 0.717) is 5.69 Å². The van der Waals surface area contributed by atoms with E-state index in [2.05, 4.69) is 10.0 Å². The maximum absolute atomic E-state index is 11.8. The molecule has 2 rings (SSSR count). The van der Waals surface area contributed by atoms with Gasteiger partial charge in [-0.05, 0) is 36.1 Å². The van der Waals surface area contributed by atoms with E-state index in [4.69, 9.17) is 0 Å². The lowest BCUT2D eigenvalue weighted by molar-refractivity contribution is -0.116. The van der Waals surface area contributed by atoms with Crippen molar-refractivity contribution in [3.63, 3.8) is 0 Å². The lowest BCUT2D eigenvalue weighted by Crippen LogP contribution is -2.24. The van der Waals surface area contributed by atoms with Crippen molar-refractivity contribution in [1.29, 1.82) is 0 Å². The predicted molar refractivity (Wildman–Crippen MR) is 98.1 cm³/mol. The first-order chi connectivity index (χ1) is 11.4. The highest BCUT2D eigenvalue weighted by Gasteiger charge is 2.12. The zero-order valence-corrected chi connectivity index (χ0v) is 14.9. The summed E-state index contributed by atoms with van der Waals surface area (Å²) in [5, 5.41) is 2.93. The van der Waals surface area contributed by atoms with Crippen molar-refractivity contribution < 1.29 is 13.2 Å². The lowest BCUT2D eigenvalue weighted by atomic mass is 9.87. The number of benzene rings is 1. The molecular weight excluding hydrogens is 324 g/mol. The Kier molecular flexibility index (Phi) is 6.85. The Morgan fingerprint density at radius 1 is 1.17 bits per heavy atom. The first-order valence-electron chi connectivity index (χ1n) is 8.46. The molecule has 132 valence electrons. The number of nitrogens with one attached hydrogen (secondary N) is 2. The van der Waals surface area contributed by atoms with Gasteiger partial charge in [-0.25, -0.2) is 8.42 Å². The van der Waals surface area contributed by atoms with Crippen molar-refractivity contribution in [1.82, 2.24) is 5.32 Å². The van der Waals surface area contributed by atoms with Crippen molar-refractivity contribution in [2.75, 3.05) is 17.5 Å². The van der Waals surface area contributed by atoms with Gasteiger partial charge in [-0.2, -0.15) is 0 Å². The molecule has 24 heavy (non-hydrogen) atoms. The second-order valence-corrected chi connectivity index (χ2v) is 8.16. The maximum Gasteiger partial charge on any atom is 0.243 e. The summed E-state index contributed by atoms with van der Waals surface area (Å²) in [4.78, 5) is 11.8. The first kappa shape index (κ1) is 18.5. The molecule has 0 aromatic heterocycles. The highest BCUT2D eigenvalue weighted by atomic mass is 32.2. The van der Waals surface area contributed by atoms with E-state index in [-0.39, 0.29) is 5.91 Å². The Balaban J connectivity index is 1.74. The van der Waals surface area contributed by atoms with Crippen LogP contribution in [0.4, 0.5) is 5.69 Å². The van der Waals surface area contributed by atoms with Crippen LogP contribution in [0.5, 0.6) is 0 Å². The Morgan fingerprint density at radius 2 is 1.83 bits per heavy atom. The molecule has 1 aromatic rings. The standard InChI is InChI=1S/C18H26N2O3S/c1-24(22,23)20-17-10-7-16(8-11-17)9-12-18(21)19-14-13-15-5-3-2-4-6-15/h7-12,15,20H,2-6,13-14H2,1H3,(H,19,21)/b12-9+. The molecular formula is C18H26N2O3S. The minimum atomic E-state index is -3.27. The molecule has 0 aliphatic heterocycles. The fraction of sp³-hybridized carbons (Fsp3) is 0.500. The van der Waals surface area contributed by atoms with Gasteiger partial charge in [0.1, 0.15) is 0 Å². The van der Waals surface area contributed by atoms with Gasteiger partial charge in [0.15, 0.2) is 0 Å². The Morgan fingerprint density at radius 3 is 2.46 bits per heavy atom. The molecule has 5 nitrogen and oxygen atoms in total. The number of rotatable bonds is 7. The first-order valence-corrected chi connectivity index (χ1v) is 10.4. The average Bonchev–Trinajstić information content (AvgIpc) is 2.54. The molecule has 6 heteroatoms. The smallest absolute Gasteiger partial charge is 0.243 e. The van der Waals surface area contributed by atoms with Gasteiger partial charge in [0.25, 0.3) is 0 Å². The zero-order chi connectivity index (χ0) is 17.4. The summed E-state index contributed by atoms with van der Waals surface area (Å²) in [6.45, 7) is 0.727. The second-order valence-electron chi connectivity index (χ2n) is 6.41.